The maximum atomic E-state index is 11.9. The van der Waals surface area contributed by atoms with E-state index in [1.165, 1.54) is 0 Å². The van der Waals surface area contributed by atoms with Gasteiger partial charge in [0, 0.05) is 23.8 Å². The maximum Gasteiger partial charge on any atom is 0.229 e. The van der Waals surface area contributed by atoms with Gasteiger partial charge in [-0.05, 0) is 30.4 Å². The number of hydrogen-bond donors (Lipinski definition) is 3. The molecule has 4 nitrogen and oxygen atoms in total. The van der Waals surface area contributed by atoms with Crippen molar-refractivity contribution in [2.75, 3.05) is 17.7 Å². The predicted molar refractivity (Wildman–Crippen MR) is 79.8 cm³/mol. The molecule has 0 saturated carbocycles. The highest BCUT2D eigenvalue weighted by molar-refractivity contribution is 7.80. The van der Waals surface area contributed by atoms with Crippen molar-refractivity contribution in [1.82, 2.24) is 5.32 Å². The quantitative estimate of drug-likeness (QED) is 0.719. The van der Waals surface area contributed by atoms with Gasteiger partial charge >= 0.3 is 0 Å². The number of hydrogen-bond acceptors (Lipinski definition) is 2. The van der Waals surface area contributed by atoms with Gasteiger partial charge in [-0.15, -0.1) is 0 Å². The molecule has 5 heteroatoms. The Labute approximate surface area is 113 Å². The number of benzene rings is 1. The van der Waals surface area contributed by atoms with Crippen LogP contribution in [0.15, 0.2) is 24.3 Å². The minimum absolute atomic E-state index is 0.0177. The summed E-state index contributed by atoms with van der Waals surface area (Å²) in [5.74, 6) is -0.0177. The third-order valence-electron chi connectivity index (χ3n) is 2.29. The first-order valence-corrected chi connectivity index (χ1v) is 6.14. The highest BCUT2D eigenvalue weighted by atomic mass is 32.1. The molecule has 1 aromatic rings. The van der Waals surface area contributed by atoms with E-state index in [-0.39, 0.29) is 5.91 Å². The number of thiocarbonyl (C=S) groups is 1. The number of rotatable bonds is 2. The summed E-state index contributed by atoms with van der Waals surface area (Å²) in [5.41, 5.74) is 1.17. The molecule has 0 saturated heterocycles. The number of carbonyl (C=O) groups is 1. The molecular weight excluding hydrogens is 246 g/mol. The molecule has 0 aliphatic carbocycles. The molecule has 3 N–H and O–H groups in total. The summed E-state index contributed by atoms with van der Waals surface area (Å²) in [5, 5.41) is 9.25. The lowest BCUT2D eigenvalue weighted by atomic mass is 9.95. The van der Waals surface area contributed by atoms with Crippen LogP contribution in [-0.2, 0) is 4.79 Å². The van der Waals surface area contributed by atoms with Crippen LogP contribution in [0.2, 0.25) is 0 Å². The second kappa shape index (κ2) is 5.82. The van der Waals surface area contributed by atoms with Crippen LogP contribution in [0.4, 0.5) is 11.4 Å². The average Bonchev–Trinajstić information content (AvgIpc) is 2.28. The molecule has 1 aromatic carbocycles. The van der Waals surface area contributed by atoms with Crippen molar-refractivity contribution in [2.24, 2.45) is 5.41 Å². The fourth-order valence-corrected chi connectivity index (χ4v) is 1.30. The smallest absolute Gasteiger partial charge is 0.229 e. The normalized spacial score (nSPS) is 10.7. The van der Waals surface area contributed by atoms with Gasteiger partial charge in [0.25, 0.3) is 0 Å². The van der Waals surface area contributed by atoms with Gasteiger partial charge in [0.15, 0.2) is 5.11 Å². The summed E-state index contributed by atoms with van der Waals surface area (Å²) >= 11 is 5.02. The SMILES string of the molecule is CNC(=S)Nc1cccc(NC(=O)C(C)(C)C)c1. The van der Waals surface area contributed by atoms with E-state index in [0.29, 0.717) is 5.11 Å². The van der Waals surface area contributed by atoms with Gasteiger partial charge in [-0.3, -0.25) is 4.79 Å². The van der Waals surface area contributed by atoms with Crippen LogP contribution in [0, 0.1) is 5.41 Å². The van der Waals surface area contributed by atoms with E-state index >= 15 is 0 Å². The van der Waals surface area contributed by atoms with Crippen LogP contribution < -0.4 is 16.0 Å². The number of carbonyl (C=O) groups excluding carboxylic acids is 1. The summed E-state index contributed by atoms with van der Waals surface area (Å²) in [4.78, 5) is 11.9. The Kier molecular flexibility index (Phi) is 4.67. The van der Waals surface area contributed by atoms with Crippen LogP contribution in [0.25, 0.3) is 0 Å². The molecule has 0 radical (unpaired) electrons. The first-order chi connectivity index (χ1) is 8.32. The van der Waals surface area contributed by atoms with Crippen molar-refractivity contribution >= 4 is 34.6 Å². The monoisotopic (exact) mass is 265 g/mol. The molecule has 18 heavy (non-hydrogen) atoms. The van der Waals surface area contributed by atoms with Gasteiger partial charge in [0.05, 0.1) is 0 Å². The lowest BCUT2D eigenvalue weighted by Gasteiger charge is -2.18. The van der Waals surface area contributed by atoms with E-state index in [1.54, 1.807) is 7.05 Å². The Morgan fingerprint density at radius 1 is 1.17 bits per heavy atom. The number of nitrogens with one attached hydrogen (secondary N) is 3. The summed E-state index contributed by atoms with van der Waals surface area (Å²) < 4.78 is 0. The Balaban J connectivity index is 2.77. The van der Waals surface area contributed by atoms with Crippen LogP contribution >= 0.6 is 12.2 Å². The van der Waals surface area contributed by atoms with Gasteiger partial charge in [0.2, 0.25) is 5.91 Å². The zero-order chi connectivity index (χ0) is 13.8. The van der Waals surface area contributed by atoms with Gasteiger partial charge in [0.1, 0.15) is 0 Å². The Morgan fingerprint density at radius 2 is 1.72 bits per heavy atom. The summed E-state index contributed by atoms with van der Waals surface area (Å²) in [6, 6.07) is 7.43. The summed E-state index contributed by atoms with van der Waals surface area (Å²) in [6.07, 6.45) is 0. The first kappa shape index (κ1) is 14.4. The second-order valence-electron chi connectivity index (χ2n) is 4.99. The lowest BCUT2D eigenvalue weighted by Crippen LogP contribution is -2.27. The van der Waals surface area contributed by atoms with Crippen LogP contribution in [0.5, 0.6) is 0 Å². The molecular formula is C13H19N3OS. The third kappa shape index (κ3) is 4.33. The number of amides is 1. The topological polar surface area (TPSA) is 53.2 Å². The highest BCUT2D eigenvalue weighted by Crippen LogP contribution is 2.19. The van der Waals surface area contributed by atoms with E-state index in [2.05, 4.69) is 16.0 Å². The van der Waals surface area contributed by atoms with Gasteiger partial charge in [-0.25, -0.2) is 0 Å². The van der Waals surface area contributed by atoms with Crippen molar-refractivity contribution in [3.8, 4) is 0 Å². The molecule has 0 bridgehead atoms. The van der Waals surface area contributed by atoms with Crippen molar-refractivity contribution in [3.63, 3.8) is 0 Å². The number of anilines is 2. The molecule has 0 unspecified atom stereocenters. The zero-order valence-corrected chi connectivity index (χ0v) is 11.9. The fourth-order valence-electron chi connectivity index (χ4n) is 1.19. The first-order valence-electron chi connectivity index (χ1n) is 5.73. The minimum atomic E-state index is -0.413. The van der Waals surface area contributed by atoms with Gasteiger partial charge in [-0.2, -0.15) is 0 Å². The maximum absolute atomic E-state index is 11.9. The lowest BCUT2D eigenvalue weighted by molar-refractivity contribution is -0.123. The van der Waals surface area contributed by atoms with E-state index in [0.717, 1.165) is 11.4 Å². The standard InChI is InChI=1S/C13H19N3OS/c1-13(2,3)11(17)15-9-6-5-7-10(8-9)16-12(18)14-4/h5-8H,1-4H3,(H,15,17)(H2,14,16,18). The van der Waals surface area contributed by atoms with Gasteiger partial charge < -0.3 is 16.0 Å². The van der Waals surface area contributed by atoms with E-state index < -0.39 is 5.41 Å². The molecule has 0 fully saturated rings. The van der Waals surface area contributed by atoms with E-state index in [4.69, 9.17) is 12.2 Å². The fraction of sp³-hybridized carbons (Fsp3) is 0.385. The molecule has 1 amide bonds. The Bertz CT molecular complexity index is 452. The van der Waals surface area contributed by atoms with Crippen LogP contribution in [-0.4, -0.2) is 18.1 Å². The van der Waals surface area contributed by atoms with Crippen LogP contribution in [0.3, 0.4) is 0 Å². The molecule has 0 heterocycles. The van der Waals surface area contributed by atoms with Gasteiger partial charge in [-0.1, -0.05) is 26.8 Å². The molecule has 0 aromatic heterocycles. The molecule has 98 valence electrons. The molecule has 1 rings (SSSR count). The molecule has 0 atom stereocenters. The van der Waals surface area contributed by atoms with E-state index in [9.17, 15) is 4.79 Å². The highest BCUT2D eigenvalue weighted by Gasteiger charge is 2.21. The van der Waals surface area contributed by atoms with Crippen molar-refractivity contribution < 1.29 is 4.79 Å². The van der Waals surface area contributed by atoms with E-state index in [1.807, 2.05) is 45.0 Å². The average molecular weight is 265 g/mol. The third-order valence-corrected chi connectivity index (χ3v) is 2.59. The largest absolute Gasteiger partial charge is 0.366 e. The summed E-state index contributed by atoms with van der Waals surface area (Å²) in [7, 11) is 1.75. The van der Waals surface area contributed by atoms with Crippen molar-refractivity contribution in [2.45, 2.75) is 20.8 Å². The second-order valence-corrected chi connectivity index (χ2v) is 5.40. The Morgan fingerprint density at radius 3 is 2.22 bits per heavy atom. The zero-order valence-electron chi connectivity index (χ0n) is 11.1. The Hall–Kier alpha value is -1.62. The minimum Gasteiger partial charge on any atom is -0.366 e. The summed E-state index contributed by atoms with van der Waals surface area (Å²) in [6.45, 7) is 5.63. The van der Waals surface area contributed by atoms with Crippen molar-refractivity contribution in [3.05, 3.63) is 24.3 Å². The van der Waals surface area contributed by atoms with Crippen molar-refractivity contribution in [1.29, 1.82) is 0 Å². The molecule has 0 spiro atoms. The predicted octanol–water partition coefficient (Wildman–Crippen LogP) is 2.59. The van der Waals surface area contributed by atoms with Crippen LogP contribution in [0.1, 0.15) is 20.8 Å². The molecule has 0 aliphatic rings. The molecule has 0 aliphatic heterocycles.